The molecule has 140 valence electrons. The van der Waals surface area contributed by atoms with Gasteiger partial charge < -0.3 is 9.42 Å². The first-order chi connectivity index (χ1) is 12.3. The summed E-state index contributed by atoms with van der Waals surface area (Å²) in [5.74, 6) is 0.210. The Labute approximate surface area is 157 Å². The second-order valence-corrected chi connectivity index (χ2v) is 8.83. The first-order valence-corrected chi connectivity index (χ1v) is 10.9. The second kappa shape index (κ2) is 7.42. The van der Waals surface area contributed by atoms with Gasteiger partial charge in [-0.1, -0.05) is 5.16 Å². The van der Waals surface area contributed by atoms with Gasteiger partial charge in [0.2, 0.25) is 10.0 Å². The number of thioether (sulfide) groups is 1. The van der Waals surface area contributed by atoms with Gasteiger partial charge in [-0.3, -0.25) is 4.79 Å². The van der Waals surface area contributed by atoms with E-state index in [9.17, 15) is 13.2 Å². The van der Waals surface area contributed by atoms with E-state index in [4.69, 9.17) is 4.52 Å². The Morgan fingerprint density at radius 1 is 1.12 bits per heavy atom. The summed E-state index contributed by atoms with van der Waals surface area (Å²) < 4.78 is 32.0. The summed E-state index contributed by atoms with van der Waals surface area (Å²) >= 11 is 1.62. The van der Waals surface area contributed by atoms with E-state index in [0.29, 0.717) is 24.3 Å². The number of benzene rings is 1. The van der Waals surface area contributed by atoms with Crippen LogP contribution < -0.4 is 0 Å². The van der Waals surface area contributed by atoms with Crippen molar-refractivity contribution in [3.05, 3.63) is 41.3 Å². The highest BCUT2D eigenvalue weighted by Crippen LogP contribution is 2.24. The minimum atomic E-state index is -3.67. The molecule has 9 heteroatoms. The molecule has 2 heterocycles. The molecule has 2 aromatic rings. The minimum Gasteiger partial charge on any atom is -0.360 e. The maximum absolute atomic E-state index is 12.8. The van der Waals surface area contributed by atoms with Crippen molar-refractivity contribution < 1.29 is 17.7 Å². The van der Waals surface area contributed by atoms with Crippen LogP contribution in [-0.4, -0.2) is 61.1 Å². The molecule has 1 aliphatic rings. The lowest BCUT2D eigenvalue weighted by Gasteiger charge is -2.34. The van der Waals surface area contributed by atoms with Crippen LogP contribution in [0.2, 0.25) is 0 Å². The van der Waals surface area contributed by atoms with Crippen LogP contribution >= 0.6 is 11.8 Å². The molecule has 0 aliphatic carbocycles. The van der Waals surface area contributed by atoms with Crippen molar-refractivity contribution in [2.75, 3.05) is 32.4 Å². The topological polar surface area (TPSA) is 83.7 Å². The summed E-state index contributed by atoms with van der Waals surface area (Å²) in [6, 6.07) is 7.44. The number of hydrogen-bond donors (Lipinski definition) is 0. The zero-order chi connectivity index (χ0) is 18.9. The molecule has 3 rings (SSSR count). The maximum Gasteiger partial charge on any atom is 0.253 e. The largest absolute Gasteiger partial charge is 0.360 e. The number of sulfonamides is 1. The van der Waals surface area contributed by atoms with Crippen molar-refractivity contribution in [3.63, 3.8) is 0 Å². The normalized spacial score (nSPS) is 16.0. The Kier molecular flexibility index (Phi) is 5.40. The van der Waals surface area contributed by atoms with E-state index in [1.165, 1.54) is 4.31 Å². The molecule has 1 aromatic carbocycles. The summed E-state index contributed by atoms with van der Waals surface area (Å²) in [5, 5.41) is 3.73. The van der Waals surface area contributed by atoms with E-state index in [1.54, 1.807) is 42.6 Å². The summed E-state index contributed by atoms with van der Waals surface area (Å²) in [7, 11) is -3.67. The van der Waals surface area contributed by atoms with Crippen molar-refractivity contribution in [2.24, 2.45) is 0 Å². The summed E-state index contributed by atoms with van der Waals surface area (Å²) in [6.45, 7) is 4.41. The molecule has 0 radical (unpaired) electrons. The molecule has 1 saturated heterocycles. The number of hydrogen-bond acceptors (Lipinski definition) is 6. The standard InChI is InChI=1S/C17H21N3O4S2/c1-12-16(13(2)24-18-12)26(22,23)20-10-8-19(9-11-20)17(21)14-4-6-15(25-3)7-5-14/h4-7H,8-11H2,1-3H3. The number of amides is 1. The van der Waals surface area contributed by atoms with Gasteiger partial charge in [0.15, 0.2) is 5.76 Å². The van der Waals surface area contributed by atoms with Gasteiger partial charge in [0, 0.05) is 36.6 Å². The number of carbonyl (C=O) groups excluding carboxylic acids is 1. The van der Waals surface area contributed by atoms with Gasteiger partial charge in [0.25, 0.3) is 5.91 Å². The van der Waals surface area contributed by atoms with Crippen molar-refractivity contribution >= 4 is 27.7 Å². The summed E-state index contributed by atoms with van der Waals surface area (Å²) in [6.07, 6.45) is 1.98. The first kappa shape index (κ1) is 18.9. The van der Waals surface area contributed by atoms with Crippen LogP contribution in [0, 0.1) is 13.8 Å². The van der Waals surface area contributed by atoms with E-state index in [-0.39, 0.29) is 29.7 Å². The summed E-state index contributed by atoms with van der Waals surface area (Å²) in [5.41, 5.74) is 0.972. The fourth-order valence-corrected chi connectivity index (χ4v) is 5.14. The molecule has 0 N–H and O–H groups in total. The lowest BCUT2D eigenvalue weighted by molar-refractivity contribution is 0.0697. The minimum absolute atomic E-state index is 0.0768. The monoisotopic (exact) mass is 395 g/mol. The average molecular weight is 396 g/mol. The molecule has 1 amide bonds. The molecule has 0 unspecified atom stereocenters. The highest BCUT2D eigenvalue weighted by atomic mass is 32.2. The zero-order valence-electron chi connectivity index (χ0n) is 14.9. The van der Waals surface area contributed by atoms with Gasteiger partial charge in [-0.25, -0.2) is 8.42 Å². The third-order valence-electron chi connectivity index (χ3n) is 4.43. The third kappa shape index (κ3) is 3.51. The molecule has 0 spiro atoms. The zero-order valence-corrected chi connectivity index (χ0v) is 16.6. The Bertz CT molecular complexity index is 879. The van der Waals surface area contributed by atoms with Gasteiger partial charge in [-0.15, -0.1) is 11.8 Å². The van der Waals surface area contributed by atoms with E-state index in [2.05, 4.69) is 5.16 Å². The van der Waals surface area contributed by atoms with Crippen molar-refractivity contribution in [1.82, 2.24) is 14.4 Å². The molecule has 0 bridgehead atoms. The molecule has 26 heavy (non-hydrogen) atoms. The number of carbonyl (C=O) groups is 1. The van der Waals surface area contributed by atoms with Crippen LogP contribution in [0.25, 0.3) is 0 Å². The van der Waals surface area contributed by atoms with Crippen molar-refractivity contribution in [3.8, 4) is 0 Å². The number of piperazine rings is 1. The molecule has 1 aliphatic heterocycles. The molecule has 0 saturated carbocycles. The van der Waals surface area contributed by atoms with Crippen LogP contribution in [0.3, 0.4) is 0 Å². The summed E-state index contributed by atoms with van der Waals surface area (Å²) in [4.78, 5) is 15.5. The Balaban J connectivity index is 1.69. The second-order valence-electron chi connectivity index (χ2n) is 6.08. The van der Waals surface area contributed by atoms with Gasteiger partial charge >= 0.3 is 0 Å². The Morgan fingerprint density at radius 3 is 2.23 bits per heavy atom. The van der Waals surface area contributed by atoms with Crippen LogP contribution in [-0.2, 0) is 10.0 Å². The quantitative estimate of drug-likeness (QED) is 0.738. The van der Waals surface area contributed by atoms with Gasteiger partial charge in [0.1, 0.15) is 10.6 Å². The van der Waals surface area contributed by atoms with Gasteiger partial charge in [0.05, 0.1) is 0 Å². The van der Waals surface area contributed by atoms with Crippen LogP contribution in [0.5, 0.6) is 0 Å². The number of rotatable bonds is 4. The van der Waals surface area contributed by atoms with Gasteiger partial charge in [-0.05, 0) is 44.4 Å². The van der Waals surface area contributed by atoms with E-state index in [1.807, 2.05) is 18.4 Å². The number of aromatic nitrogens is 1. The Hall–Kier alpha value is -1.84. The molecule has 1 fully saturated rings. The molecule has 7 nitrogen and oxygen atoms in total. The lowest BCUT2D eigenvalue weighted by atomic mass is 10.2. The van der Waals surface area contributed by atoms with E-state index < -0.39 is 10.0 Å². The fraction of sp³-hybridized carbons (Fsp3) is 0.412. The first-order valence-electron chi connectivity index (χ1n) is 8.21. The smallest absolute Gasteiger partial charge is 0.253 e. The maximum atomic E-state index is 12.8. The predicted molar refractivity (Wildman–Crippen MR) is 98.9 cm³/mol. The SMILES string of the molecule is CSc1ccc(C(=O)N2CCN(S(=O)(=O)c3c(C)noc3C)CC2)cc1. The van der Waals surface area contributed by atoms with E-state index >= 15 is 0 Å². The lowest BCUT2D eigenvalue weighted by Crippen LogP contribution is -2.50. The van der Waals surface area contributed by atoms with Crippen LogP contribution in [0.4, 0.5) is 0 Å². The highest BCUT2D eigenvalue weighted by molar-refractivity contribution is 7.98. The third-order valence-corrected chi connectivity index (χ3v) is 7.32. The Morgan fingerprint density at radius 2 is 1.73 bits per heavy atom. The van der Waals surface area contributed by atoms with E-state index in [0.717, 1.165) is 4.90 Å². The van der Waals surface area contributed by atoms with Crippen molar-refractivity contribution in [2.45, 2.75) is 23.6 Å². The molecular formula is C17H21N3O4S2. The average Bonchev–Trinajstić information content (AvgIpc) is 3.00. The van der Waals surface area contributed by atoms with Crippen LogP contribution in [0.1, 0.15) is 21.8 Å². The molecular weight excluding hydrogens is 374 g/mol. The highest BCUT2D eigenvalue weighted by Gasteiger charge is 2.34. The predicted octanol–water partition coefficient (Wildman–Crippen LogP) is 2.16. The molecule has 1 aromatic heterocycles. The number of nitrogens with zero attached hydrogens (tertiary/aromatic N) is 3. The van der Waals surface area contributed by atoms with Crippen LogP contribution in [0.15, 0.2) is 38.6 Å². The van der Waals surface area contributed by atoms with Crippen molar-refractivity contribution in [1.29, 1.82) is 0 Å². The fourth-order valence-electron chi connectivity index (χ4n) is 3.02. The molecule has 0 atom stereocenters. The van der Waals surface area contributed by atoms with Gasteiger partial charge in [-0.2, -0.15) is 4.31 Å². The number of aryl methyl sites for hydroxylation is 2.